The first-order valence-electron chi connectivity index (χ1n) is 7.40. The van der Waals surface area contributed by atoms with E-state index in [0.29, 0.717) is 6.54 Å². The van der Waals surface area contributed by atoms with Gasteiger partial charge in [-0.25, -0.2) is 0 Å². The van der Waals surface area contributed by atoms with Gasteiger partial charge in [0.1, 0.15) is 6.54 Å². The molecule has 2 amide bonds. The van der Waals surface area contributed by atoms with Gasteiger partial charge in [0.2, 0.25) is 11.8 Å². The first kappa shape index (κ1) is 13.2. The minimum absolute atomic E-state index is 0.0980. The monoisotopic (exact) mass is 272 g/mol. The maximum atomic E-state index is 12.6. The summed E-state index contributed by atoms with van der Waals surface area (Å²) in [6.07, 6.45) is 5.43. The molecular formula is C16H20N2O2. The number of fused-ring (bicyclic) bond motifs is 1. The van der Waals surface area contributed by atoms with Crippen molar-refractivity contribution in [2.24, 2.45) is 5.92 Å². The second-order valence-corrected chi connectivity index (χ2v) is 5.73. The molecule has 0 radical (unpaired) electrons. The molecule has 1 heterocycles. The number of nitrogens with one attached hydrogen (secondary N) is 1. The topological polar surface area (TPSA) is 49.4 Å². The Bertz CT molecular complexity index is 521. The summed E-state index contributed by atoms with van der Waals surface area (Å²) in [7, 11) is 0. The molecule has 106 valence electrons. The van der Waals surface area contributed by atoms with E-state index in [4.69, 9.17) is 0 Å². The van der Waals surface area contributed by atoms with E-state index in [-0.39, 0.29) is 24.3 Å². The number of amides is 2. The maximum absolute atomic E-state index is 12.6. The van der Waals surface area contributed by atoms with E-state index >= 15 is 0 Å². The molecule has 0 atom stereocenters. The van der Waals surface area contributed by atoms with Gasteiger partial charge in [-0.3, -0.25) is 9.59 Å². The van der Waals surface area contributed by atoms with Gasteiger partial charge < -0.3 is 10.2 Å². The summed E-state index contributed by atoms with van der Waals surface area (Å²) < 4.78 is 0. The van der Waals surface area contributed by atoms with Crippen LogP contribution in [0.1, 0.15) is 37.7 Å². The van der Waals surface area contributed by atoms with E-state index in [0.717, 1.165) is 36.9 Å². The minimum atomic E-state index is -0.0980. The number of carbonyl (C=O) groups excluding carboxylic acids is 2. The molecule has 1 aliphatic heterocycles. The van der Waals surface area contributed by atoms with Crippen LogP contribution in [0.25, 0.3) is 0 Å². The van der Waals surface area contributed by atoms with E-state index in [9.17, 15) is 9.59 Å². The number of hydrogen-bond acceptors (Lipinski definition) is 2. The Morgan fingerprint density at radius 1 is 1.10 bits per heavy atom. The molecule has 0 spiro atoms. The zero-order chi connectivity index (χ0) is 13.9. The molecule has 4 heteroatoms. The van der Waals surface area contributed by atoms with Gasteiger partial charge in [0.15, 0.2) is 0 Å². The lowest BCUT2D eigenvalue weighted by Gasteiger charge is -2.27. The highest BCUT2D eigenvalue weighted by Gasteiger charge is 2.29. The predicted octanol–water partition coefficient (Wildman–Crippen LogP) is 2.55. The molecule has 2 aliphatic rings. The highest BCUT2D eigenvalue weighted by atomic mass is 16.2. The largest absolute Gasteiger partial charge is 0.329 e. The van der Waals surface area contributed by atoms with Crippen molar-refractivity contribution in [3.8, 4) is 0 Å². The second-order valence-electron chi connectivity index (χ2n) is 5.73. The van der Waals surface area contributed by atoms with Crippen LogP contribution in [0, 0.1) is 5.92 Å². The second kappa shape index (κ2) is 5.65. The molecule has 0 aromatic heterocycles. The highest BCUT2D eigenvalue weighted by Crippen LogP contribution is 2.27. The molecule has 1 aromatic carbocycles. The van der Waals surface area contributed by atoms with Gasteiger partial charge in [0.05, 0.1) is 0 Å². The number of nitrogens with zero attached hydrogens (tertiary/aromatic N) is 1. The van der Waals surface area contributed by atoms with Gasteiger partial charge in [0, 0.05) is 18.2 Å². The quantitative estimate of drug-likeness (QED) is 0.854. The Labute approximate surface area is 119 Å². The Kier molecular flexibility index (Phi) is 3.72. The van der Waals surface area contributed by atoms with E-state index in [1.807, 2.05) is 24.3 Å². The maximum Gasteiger partial charge on any atom is 0.244 e. The summed E-state index contributed by atoms with van der Waals surface area (Å²) in [6.45, 7) is 0.703. The molecule has 0 bridgehead atoms. The molecule has 0 unspecified atom stereocenters. The summed E-state index contributed by atoms with van der Waals surface area (Å²) in [5.74, 6) is 0.164. The van der Waals surface area contributed by atoms with Crippen molar-refractivity contribution in [3.63, 3.8) is 0 Å². The number of para-hydroxylation sites is 1. The fourth-order valence-electron chi connectivity index (χ4n) is 3.17. The third kappa shape index (κ3) is 2.69. The van der Waals surface area contributed by atoms with Gasteiger partial charge in [-0.1, -0.05) is 37.5 Å². The van der Waals surface area contributed by atoms with Crippen molar-refractivity contribution in [1.29, 1.82) is 0 Å². The summed E-state index contributed by atoms with van der Waals surface area (Å²) >= 11 is 0. The normalized spacial score (nSPS) is 20.0. The van der Waals surface area contributed by atoms with E-state index in [2.05, 4.69) is 5.32 Å². The Hall–Kier alpha value is -1.84. The number of rotatable bonds is 1. The van der Waals surface area contributed by atoms with Crippen molar-refractivity contribution in [2.75, 3.05) is 11.9 Å². The van der Waals surface area contributed by atoms with Gasteiger partial charge >= 0.3 is 0 Å². The number of benzene rings is 1. The summed E-state index contributed by atoms with van der Waals surface area (Å²) in [5.41, 5.74) is 1.85. The van der Waals surface area contributed by atoms with Gasteiger partial charge in [0.25, 0.3) is 0 Å². The van der Waals surface area contributed by atoms with Gasteiger partial charge in [-0.05, 0) is 24.5 Å². The van der Waals surface area contributed by atoms with Crippen LogP contribution in [0.3, 0.4) is 0 Å². The molecule has 1 aliphatic carbocycles. The summed E-state index contributed by atoms with van der Waals surface area (Å²) in [5, 5.41) is 2.88. The van der Waals surface area contributed by atoms with Crippen LogP contribution in [-0.4, -0.2) is 23.3 Å². The molecular weight excluding hydrogens is 252 g/mol. The van der Waals surface area contributed by atoms with Crippen molar-refractivity contribution in [2.45, 2.75) is 38.6 Å². The van der Waals surface area contributed by atoms with Crippen molar-refractivity contribution < 1.29 is 9.59 Å². The smallest absolute Gasteiger partial charge is 0.244 e. The van der Waals surface area contributed by atoms with Crippen molar-refractivity contribution in [1.82, 2.24) is 4.90 Å². The SMILES string of the molecule is O=C1CN(C(=O)C2CCCCC2)Cc2ccccc2N1. The lowest BCUT2D eigenvalue weighted by molar-refractivity contribution is -0.139. The van der Waals surface area contributed by atoms with Crippen LogP contribution >= 0.6 is 0 Å². The molecule has 1 saturated carbocycles. The number of anilines is 1. The highest BCUT2D eigenvalue weighted by molar-refractivity contribution is 5.96. The standard InChI is InChI=1S/C16H20N2O2/c19-15-11-18(16(20)12-6-2-1-3-7-12)10-13-8-4-5-9-14(13)17-15/h4-5,8-9,12H,1-3,6-7,10-11H2,(H,17,19). The first-order valence-corrected chi connectivity index (χ1v) is 7.40. The minimum Gasteiger partial charge on any atom is -0.329 e. The van der Waals surface area contributed by atoms with Crippen molar-refractivity contribution >= 4 is 17.5 Å². The van der Waals surface area contributed by atoms with Crippen molar-refractivity contribution in [3.05, 3.63) is 29.8 Å². The fourth-order valence-corrected chi connectivity index (χ4v) is 3.17. The van der Waals surface area contributed by atoms with Gasteiger partial charge in [-0.2, -0.15) is 0 Å². The zero-order valence-electron chi connectivity index (χ0n) is 11.6. The molecule has 1 aromatic rings. The number of carbonyl (C=O) groups is 2. The molecule has 3 rings (SSSR count). The molecule has 0 saturated heterocycles. The van der Waals surface area contributed by atoms with Crippen LogP contribution in [0.5, 0.6) is 0 Å². The van der Waals surface area contributed by atoms with Crippen LogP contribution in [0.2, 0.25) is 0 Å². The first-order chi connectivity index (χ1) is 9.74. The molecule has 1 N–H and O–H groups in total. The number of hydrogen-bond donors (Lipinski definition) is 1. The lowest BCUT2D eigenvalue weighted by atomic mass is 9.88. The average Bonchev–Trinajstić information content (AvgIpc) is 2.65. The Morgan fingerprint density at radius 3 is 2.65 bits per heavy atom. The third-order valence-corrected chi connectivity index (χ3v) is 4.25. The van der Waals surface area contributed by atoms with E-state index in [1.165, 1.54) is 6.42 Å². The van der Waals surface area contributed by atoms with Crippen LogP contribution < -0.4 is 5.32 Å². The van der Waals surface area contributed by atoms with Crippen LogP contribution in [0.4, 0.5) is 5.69 Å². The van der Waals surface area contributed by atoms with Crippen LogP contribution in [-0.2, 0) is 16.1 Å². The Balaban J connectivity index is 1.79. The summed E-state index contributed by atoms with van der Waals surface area (Å²) in [6, 6.07) is 7.71. The van der Waals surface area contributed by atoms with E-state index < -0.39 is 0 Å². The fraction of sp³-hybridized carbons (Fsp3) is 0.500. The predicted molar refractivity (Wildman–Crippen MR) is 77.1 cm³/mol. The molecule has 20 heavy (non-hydrogen) atoms. The lowest BCUT2D eigenvalue weighted by Crippen LogP contribution is -2.39. The average molecular weight is 272 g/mol. The molecule has 4 nitrogen and oxygen atoms in total. The van der Waals surface area contributed by atoms with Gasteiger partial charge in [-0.15, -0.1) is 0 Å². The van der Waals surface area contributed by atoms with Crippen LogP contribution in [0.15, 0.2) is 24.3 Å². The zero-order valence-corrected chi connectivity index (χ0v) is 11.6. The van der Waals surface area contributed by atoms with E-state index in [1.54, 1.807) is 4.90 Å². The molecule has 1 fully saturated rings. The Morgan fingerprint density at radius 2 is 1.85 bits per heavy atom. The summed E-state index contributed by atoms with van der Waals surface area (Å²) in [4.78, 5) is 26.3. The third-order valence-electron chi connectivity index (χ3n) is 4.25.